The van der Waals surface area contributed by atoms with Gasteiger partial charge in [0.25, 0.3) is 11.6 Å². The third kappa shape index (κ3) is 4.15. The number of carbonyl (C=O) groups is 1. The Hall–Kier alpha value is -3.74. The van der Waals surface area contributed by atoms with E-state index in [9.17, 15) is 14.9 Å². The Morgan fingerprint density at radius 2 is 1.77 bits per heavy atom. The van der Waals surface area contributed by atoms with Gasteiger partial charge in [-0.25, -0.2) is 5.43 Å². The van der Waals surface area contributed by atoms with E-state index >= 15 is 0 Å². The molecule has 0 radical (unpaired) electrons. The molecule has 3 rings (SSSR count). The quantitative estimate of drug-likeness (QED) is 0.380. The summed E-state index contributed by atoms with van der Waals surface area (Å²) >= 11 is 0. The highest BCUT2D eigenvalue weighted by atomic mass is 16.6. The number of hydrogen-bond donors (Lipinski definition) is 1. The van der Waals surface area contributed by atoms with Crippen LogP contribution in [0.25, 0.3) is 5.69 Å². The van der Waals surface area contributed by atoms with E-state index in [0.717, 1.165) is 22.6 Å². The Labute approximate surface area is 175 Å². The third-order valence-corrected chi connectivity index (χ3v) is 5.10. The SMILES string of the molecule is Cc1ccc(-n2c(C)cc(/C=N\NC(=O)c3ccc(C)c([N+](=O)[O-])c3)c2C)c(C)c1. The van der Waals surface area contributed by atoms with Crippen LogP contribution in [0.3, 0.4) is 0 Å². The summed E-state index contributed by atoms with van der Waals surface area (Å²) in [6.07, 6.45) is 1.59. The van der Waals surface area contributed by atoms with Crippen molar-refractivity contribution in [3.8, 4) is 5.69 Å². The number of carbonyl (C=O) groups excluding carboxylic acids is 1. The van der Waals surface area contributed by atoms with Crippen LogP contribution in [-0.4, -0.2) is 21.6 Å². The predicted octanol–water partition coefficient (Wildman–Crippen LogP) is 4.69. The van der Waals surface area contributed by atoms with E-state index in [1.54, 1.807) is 25.3 Å². The zero-order valence-corrected chi connectivity index (χ0v) is 17.7. The summed E-state index contributed by atoms with van der Waals surface area (Å²) in [7, 11) is 0. The highest BCUT2D eigenvalue weighted by Gasteiger charge is 2.15. The van der Waals surface area contributed by atoms with Crippen molar-refractivity contribution in [2.45, 2.75) is 34.6 Å². The number of nitro groups is 1. The maximum atomic E-state index is 12.3. The van der Waals surface area contributed by atoms with E-state index in [1.807, 2.05) is 19.9 Å². The Morgan fingerprint density at radius 3 is 2.43 bits per heavy atom. The highest BCUT2D eigenvalue weighted by Crippen LogP contribution is 2.23. The summed E-state index contributed by atoms with van der Waals surface area (Å²) < 4.78 is 2.15. The third-order valence-electron chi connectivity index (χ3n) is 5.10. The molecule has 0 bridgehead atoms. The predicted molar refractivity (Wildman–Crippen MR) is 118 cm³/mol. The fourth-order valence-corrected chi connectivity index (χ4v) is 3.52. The molecule has 0 saturated heterocycles. The Kier molecular flexibility index (Phi) is 5.82. The number of aryl methyl sites for hydroxylation is 4. The van der Waals surface area contributed by atoms with Gasteiger partial charge in [0, 0.05) is 39.8 Å². The number of amides is 1. The fraction of sp³-hybridized carbons (Fsp3) is 0.217. The Bertz CT molecular complexity index is 1180. The van der Waals surface area contributed by atoms with Crippen LogP contribution in [0.5, 0.6) is 0 Å². The normalized spacial score (nSPS) is 11.1. The van der Waals surface area contributed by atoms with Crippen molar-refractivity contribution in [2.24, 2.45) is 5.10 Å². The number of nitrogens with zero attached hydrogens (tertiary/aromatic N) is 3. The highest BCUT2D eigenvalue weighted by molar-refractivity contribution is 5.95. The first-order valence-corrected chi connectivity index (χ1v) is 9.54. The minimum Gasteiger partial charge on any atom is -0.318 e. The summed E-state index contributed by atoms with van der Waals surface area (Å²) in [6.45, 7) is 9.79. The zero-order chi connectivity index (χ0) is 22.0. The lowest BCUT2D eigenvalue weighted by molar-refractivity contribution is -0.385. The lowest BCUT2D eigenvalue weighted by Gasteiger charge is -2.13. The average Bonchev–Trinajstić information content (AvgIpc) is 2.95. The molecule has 0 saturated carbocycles. The number of rotatable bonds is 5. The van der Waals surface area contributed by atoms with E-state index in [4.69, 9.17) is 0 Å². The molecule has 3 aromatic rings. The standard InChI is InChI=1S/C23H24N4O3/c1-14-6-9-21(16(3)10-14)26-17(4)11-20(18(26)5)13-24-25-23(28)19-8-7-15(2)22(12-19)27(29)30/h6-13H,1-5H3,(H,25,28)/b24-13-. The molecule has 1 aromatic heterocycles. The minimum absolute atomic E-state index is 0.0938. The van der Waals surface area contributed by atoms with Crippen molar-refractivity contribution in [1.82, 2.24) is 9.99 Å². The molecule has 0 aliphatic heterocycles. The molecule has 154 valence electrons. The summed E-state index contributed by atoms with van der Waals surface area (Å²) in [4.78, 5) is 22.9. The summed E-state index contributed by atoms with van der Waals surface area (Å²) in [5, 5.41) is 15.1. The average molecular weight is 404 g/mol. The van der Waals surface area contributed by atoms with E-state index in [-0.39, 0.29) is 11.3 Å². The van der Waals surface area contributed by atoms with Crippen molar-refractivity contribution in [3.63, 3.8) is 0 Å². The van der Waals surface area contributed by atoms with Gasteiger partial charge in [-0.15, -0.1) is 0 Å². The van der Waals surface area contributed by atoms with Crippen LogP contribution in [-0.2, 0) is 0 Å². The maximum absolute atomic E-state index is 12.3. The molecular formula is C23H24N4O3. The van der Waals surface area contributed by atoms with Crippen LogP contribution in [0.1, 0.15) is 44.0 Å². The molecule has 7 nitrogen and oxygen atoms in total. The van der Waals surface area contributed by atoms with E-state index in [2.05, 4.69) is 47.1 Å². The summed E-state index contributed by atoms with van der Waals surface area (Å²) in [5.41, 5.74) is 9.46. The largest absolute Gasteiger partial charge is 0.318 e. The van der Waals surface area contributed by atoms with Crippen molar-refractivity contribution in [2.75, 3.05) is 0 Å². The van der Waals surface area contributed by atoms with Gasteiger partial charge in [-0.1, -0.05) is 23.8 Å². The van der Waals surface area contributed by atoms with Crippen LogP contribution in [0, 0.1) is 44.7 Å². The van der Waals surface area contributed by atoms with Gasteiger partial charge in [0.05, 0.1) is 11.1 Å². The van der Waals surface area contributed by atoms with Crippen molar-refractivity contribution in [3.05, 3.63) is 91.8 Å². The second kappa shape index (κ2) is 8.32. The molecule has 1 heterocycles. The molecule has 0 atom stereocenters. The van der Waals surface area contributed by atoms with Gasteiger partial charge in [-0.2, -0.15) is 5.10 Å². The lowest BCUT2D eigenvalue weighted by Crippen LogP contribution is -2.18. The molecule has 0 fully saturated rings. The van der Waals surface area contributed by atoms with Crippen molar-refractivity contribution >= 4 is 17.8 Å². The number of aromatic nitrogens is 1. The van der Waals surface area contributed by atoms with Crippen LogP contribution < -0.4 is 5.43 Å². The number of nitrogens with one attached hydrogen (secondary N) is 1. The molecule has 30 heavy (non-hydrogen) atoms. The lowest BCUT2D eigenvalue weighted by atomic mass is 10.1. The first-order chi connectivity index (χ1) is 14.2. The summed E-state index contributed by atoms with van der Waals surface area (Å²) in [5.74, 6) is -0.502. The molecule has 1 amide bonds. The Morgan fingerprint density at radius 1 is 1.03 bits per heavy atom. The van der Waals surface area contributed by atoms with Gasteiger partial charge in [0.15, 0.2) is 0 Å². The van der Waals surface area contributed by atoms with Gasteiger partial charge in [0.1, 0.15) is 0 Å². The molecule has 0 spiro atoms. The first-order valence-electron chi connectivity index (χ1n) is 9.54. The smallest absolute Gasteiger partial charge is 0.273 e. The van der Waals surface area contributed by atoms with E-state index < -0.39 is 10.8 Å². The number of nitro benzene ring substituents is 1. The van der Waals surface area contributed by atoms with Gasteiger partial charge in [0.2, 0.25) is 0 Å². The molecule has 0 aliphatic carbocycles. The number of hydrogen-bond acceptors (Lipinski definition) is 4. The molecule has 7 heteroatoms. The molecular weight excluding hydrogens is 380 g/mol. The van der Waals surface area contributed by atoms with Crippen LogP contribution in [0.15, 0.2) is 47.6 Å². The van der Waals surface area contributed by atoms with Crippen LogP contribution in [0.2, 0.25) is 0 Å². The van der Waals surface area contributed by atoms with Gasteiger partial charge in [-0.05, 0) is 58.4 Å². The fourth-order valence-electron chi connectivity index (χ4n) is 3.52. The van der Waals surface area contributed by atoms with Crippen molar-refractivity contribution < 1.29 is 9.72 Å². The number of hydrazone groups is 1. The van der Waals surface area contributed by atoms with E-state index in [0.29, 0.717) is 5.56 Å². The molecule has 1 N–H and O–H groups in total. The molecule has 0 aliphatic rings. The van der Waals surface area contributed by atoms with Crippen LogP contribution in [0.4, 0.5) is 5.69 Å². The zero-order valence-electron chi connectivity index (χ0n) is 17.7. The monoisotopic (exact) mass is 404 g/mol. The second-order valence-corrected chi connectivity index (χ2v) is 7.41. The van der Waals surface area contributed by atoms with Crippen molar-refractivity contribution in [1.29, 1.82) is 0 Å². The van der Waals surface area contributed by atoms with Gasteiger partial charge < -0.3 is 4.57 Å². The molecule has 2 aromatic carbocycles. The van der Waals surface area contributed by atoms with Gasteiger partial charge in [-0.3, -0.25) is 14.9 Å². The molecule has 0 unspecified atom stereocenters. The van der Waals surface area contributed by atoms with E-state index in [1.165, 1.54) is 17.2 Å². The van der Waals surface area contributed by atoms with Crippen LogP contribution >= 0.6 is 0 Å². The van der Waals surface area contributed by atoms with Gasteiger partial charge >= 0.3 is 0 Å². The first kappa shape index (κ1) is 21.0. The number of benzene rings is 2. The minimum atomic E-state index is -0.503. The maximum Gasteiger partial charge on any atom is 0.273 e. The second-order valence-electron chi connectivity index (χ2n) is 7.41. The summed E-state index contributed by atoms with van der Waals surface area (Å²) in [6, 6.07) is 12.7. The Balaban J connectivity index is 1.81. The topological polar surface area (TPSA) is 89.5 Å².